The number of rotatable bonds is 7. The molecule has 1 unspecified atom stereocenters. The molecule has 0 saturated carbocycles. The van der Waals surface area contributed by atoms with E-state index in [2.05, 4.69) is 21.5 Å². The first-order chi connectivity index (χ1) is 11.1. The number of hydrogen-bond donors (Lipinski definition) is 2. The van der Waals surface area contributed by atoms with Crippen LogP contribution in [0.25, 0.3) is 0 Å². The van der Waals surface area contributed by atoms with Gasteiger partial charge in [0.05, 0.1) is 19.7 Å². The summed E-state index contributed by atoms with van der Waals surface area (Å²) in [5, 5.41) is 7.04. The molecule has 2 aromatic rings. The predicted molar refractivity (Wildman–Crippen MR) is 89.4 cm³/mol. The maximum atomic E-state index is 12.0. The van der Waals surface area contributed by atoms with E-state index in [1.54, 1.807) is 23.5 Å². The van der Waals surface area contributed by atoms with Gasteiger partial charge in [-0.2, -0.15) is 11.3 Å². The number of quaternary nitrogens is 1. The normalized spacial score (nSPS) is 11.7. The van der Waals surface area contributed by atoms with E-state index in [-0.39, 0.29) is 11.9 Å². The van der Waals surface area contributed by atoms with Crippen molar-refractivity contribution in [2.45, 2.75) is 13.1 Å². The third-order valence-electron chi connectivity index (χ3n) is 3.41. The summed E-state index contributed by atoms with van der Waals surface area (Å²) >= 11 is 1.67. The Morgan fingerprint density at radius 1 is 1.17 bits per heavy atom. The van der Waals surface area contributed by atoms with Crippen LogP contribution in [0, 0.1) is 0 Å². The van der Waals surface area contributed by atoms with Crippen molar-refractivity contribution >= 4 is 23.2 Å². The minimum atomic E-state index is -0.362. The van der Waals surface area contributed by atoms with E-state index in [0.717, 1.165) is 17.0 Å². The molecule has 23 heavy (non-hydrogen) atoms. The molecule has 122 valence electrons. The highest BCUT2D eigenvalue weighted by atomic mass is 32.1. The van der Waals surface area contributed by atoms with E-state index in [1.807, 2.05) is 24.6 Å². The van der Waals surface area contributed by atoms with Crippen molar-refractivity contribution in [3.8, 4) is 0 Å². The van der Waals surface area contributed by atoms with Crippen molar-refractivity contribution in [2.75, 3.05) is 20.7 Å². The highest BCUT2D eigenvalue weighted by Crippen LogP contribution is 2.05. The number of esters is 1. The third-order valence-corrected chi connectivity index (χ3v) is 4.15. The van der Waals surface area contributed by atoms with Gasteiger partial charge in [-0.25, -0.2) is 4.79 Å². The van der Waals surface area contributed by atoms with Crippen molar-refractivity contribution in [3.05, 3.63) is 57.8 Å². The summed E-state index contributed by atoms with van der Waals surface area (Å²) in [4.78, 5) is 24.5. The average molecular weight is 333 g/mol. The molecule has 1 aromatic carbocycles. The van der Waals surface area contributed by atoms with Gasteiger partial charge in [0.1, 0.15) is 6.54 Å². The Labute approximate surface area is 139 Å². The minimum Gasteiger partial charge on any atom is -0.465 e. The molecule has 0 saturated heterocycles. The Hall–Kier alpha value is -2.18. The molecule has 1 amide bonds. The summed E-state index contributed by atoms with van der Waals surface area (Å²) in [6, 6.07) is 9.10. The van der Waals surface area contributed by atoms with Gasteiger partial charge in [-0.15, -0.1) is 0 Å². The van der Waals surface area contributed by atoms with Crippen LogP contribution in [-0.4, -0.2) is 32.6 Å². The molecule has 2 N–H and O–H groups in total. The van der Waals surface area contributed by atoms with Crippen LogP contribution in [0.4, 0.5) is 0 Å². The second kappa shape index (κ2) is 8.45. The van der Waals surface area contributed by atoms with Gasteiger partial charge in [0.25, 0.3) is 5.91 Å². The largest absolute Gasteiger partial charge is 0.465 e. The molecule has 0 radical (unpaired) electrons. The smallest absolute Gasteiger partial charge is 0.337 e. The zero-order valence-electron chi connectivity index (χ0n) is 13.3. The van der Waals surface area contributed by atoms with E-state index >= 15 is 0 Å². The van der Waals surface area contributed by atoms with Crippen LogP contribution in [0.5, 0.6) is 0 Å². The summed E-state index contributed by atoms with van der Waals surface area (Å²) < 4.78 is 4.65. The zero-order valence-corrected chi connectivity index (χ0v) is 14.1. The highest BCUT2D eigenvalue weighted by Gasteiger charge is 2.11. The molecule has 1 aromatic heterocycles. The fourth-order valence-corrected chi connectivity index (χ4v) is 2.89. The Morgan fingerprint density at radius 2 is 1.91 bits per heavy atom. The maximum Gasteiger partial charge on any atom is 0.337 e. The fraction of sp³-hybridized carbons (Fsp3) is 0.294. The van der Waals surface area contributed by atoms with Gasteiger partial charge in [-0.1, -0.05) is 12.1 Å². The van der Waals surface area contributed by atoms with E-state index in [4.69, 9.17) is 0 Å². The predicted octanol–water partition coefficient (Wildman–Crippen LogP) is 0.866. The molecule has 0 aliphatic heterocycles. The number of methoxy groups -OCH3 is 1. The molecule has 1 heterocycles. The van der Waals surface area contributed by atoms with Crippen LogP contribution < -0.4 is 10.2 Å². The monoisotopic (exact) mass is 333 g/mol. The van der Waals surface area contributed by atoms with Crippen LogP contribution >= 0.6 is 11.3 Å². The number of hydrogen-bond acceptors (Lipinski definition) is 4. The van der Waals surface area contributed by atoms with Crippen molar-refractivity contribution in [2.24, 2.45) is 0 Å². The first-order valence-electron chi connectivity index (χ1n) is 7.35. The quantitative estimate of drug-likeness (QED) is 0.739. The van der Waals surface area contributed by atoms with Crippen molar-refractivity contribution in [1.82, 2.24) is 5.32 Å². The number of nitrogens with one attached hydrogen (secondary N) is 2. The molecule has 6 heteroatoms. The Balaban J connectivity index is 1.76. The van der Waals surface area contributed by atoms with Gasteiger partial charge in [-0.05, 0) is 34.5 Å². The van der Waals surface area contributed by atoms with Crippen LogP contribution in [0.2, 0.25) is 0 Å². The molecule has 0 aliphatic rings. The summed E-state index contributed by atoms with van der Waals surface area (Å²) in [6.45, 7) is 1.72. The van der Waals surface area contributed by atoms with Crippen LogP contribution in [0.1, 0.15) is 21.5 Å². The summed E-state index contributed by atoms with van der Waals surface area (Å²) in [7, 11) is 3.35. The van der Waals surface area contributed by atoms with E-state index in [1.165, 1.54) is 12.7 Å². The van der Waals surface area contributed by atoms with E-state index in [9.17, 15) is 9.59 Å². The molecular formula is C17H21N2O3S+. The topological polar surface area (TPSA) is 59.8 Å². The third kappa shape index (κ3) is 5.50. The standard InChI is InChI=1S/C17H20N2O3S/c1-19(10-14-7-8-23-12-14)11-16(20)18-9-13-3-5-15(6-4-13)17(21)22-2/h3-8,12H,9-11H2,1-2H3,(H,18,20)/p+1. The lowest BCUT2D eigenvalue weighted by atomic mass is 10.1. The number of carbonyl (C=O) groups excluding carboxylic acids is 2. The second-order valence-corrected chi connectivity index (χ2v) is 6.19. The molecule has 5 nitrogen and oxygen atoms in total. The first kappa shape index (κ1) is 17.2. The van der Waals surface area contributed by atoms with Gasteiger partial charge < -0.3 is 15.0 Å². The van der Waals surface area contributed by atoms with Crippen molar-refractivity contribution < 1.29 is 19.2 Å². The Kier molecular flexibility index (Phi) is 6.31. The first-order valence-corrected chi connectivity index (χ1v) is 8.29. The van der Waals surface area contributed by atoms with Gasteiger partial charge in [0, 0.05) is 12.1 Å². The summed E-state index contributed by atoms with van der Waals surface area (Å²) in [6.07, 6.45) is 0. The lowest BCUT2D eigenvalue weighted by molar-refractivity contribution is -0.885. The van der Waals surface area contributed by atoms with Gasteiger partial charge in [0.15, 0.2) is 6.54 Å². The van der Waals surface area contributed by atoms with E-state index < -0.39 is 0 Å². The molecule has 0 aliphatic carbocycles. The van der Waals surface area contributed by atoms with Gasteiger partial charge in [-0.3, -0.25) is 4.79 Å². The molecule has 0 spiro atoms. The van der Waals surface area contributed by atoms with E-state index in [0.29, 0.717) is 18.7 Å². The highest BCUT2D eigenvalue weighted by molar-refractivity contribution is 7.07. The molecule has 1 atom stereocenters. The minimum absolute atomic E-state index is 0.00905. The number of benzene rings is 1. The summed E-state index contributed by atoms with van der Waals surface area (Å²) in [5.74, 6) is -0.353. The zero-order chi connectivity index (χ0) is 16.7. The SMILES string of the molecule is COC(=O)c1ccc(CNC(=O)C[NH+](C)Cc2ccsc2)cc1. The number of likely N-dealkylation sites (N-methyl/N-ethyl adjacent to an activating group) is 1. The lowest BCUT2D eigenvalue weighted by Crippen LogP contribution is -3.08. The Morgan fingerprint density at radius 3 is 2.52 bits per heavy atom. The molecule has 0 fully saturated rings. The van der Waals surface area contributed by atoms with Gasteiger partial charge in [0.2, 0.25) is 0 Å². The number of ether oxygens (including phenoxy) is 1. The van der Waals surface area contributed by atoms with Gasteiger partial charge >= 0.3 is 5.97 Å². The molecule has 2 rings (SSSR count). The van der Waals surface area contributed by atoms with Crippen LogP contribution in [-0.2, 0) is 22.6 Å². The Bertz CT molecular complexity index is 638. The second-order valence-electron chi connectivity index (χ2n) is 5.41. The maximum absolute atomic E-state index is 12.0. The fourth-order valence-electron chi connectivity index (χ4n) is 2.22. The molecular weight excluding hydrogens is 312 g/mol. The van der Waals surface area contributed by atoms with Crippen molar-refractivity contribution in [1.29, 1.82) is 0 Å². The van der Waals surface area contributed by atoms with Crippen molar-refractivity contribution in [3.63, 3.8) is 0 Å². The average Bonchev–Trinajstić information content (AvgIpc) is 3.05. The number of thiophene rings is 1. The molecule has 0 bridgehead atoms. The number of amides is 1. The number of carbonyl (C=O) groups is 2. The van der Waals surface area contributed by atoms with Crippen LogP contribution in [0.3, 0.4) is 0 Å². The van der Waals surface area contributed by atoms with Crippen LogP contribution in [0.15, 0.2) is 41.1 Å². The lowest BCUT2D eigenvalue weighted by Gasteiger charge is -2.13. The summed E-state index contributed by atoms with van der Waals surface area (Å²) in [5.41, 5.74) is 2.70.